The van der Waals surface area contributed by atoms with Gasteiger partial charge in [-0.2, -0.15) is 0 Å². The fourth-order valence-corrected chi connectivity index (χ4v) is 2.04. The summed E-state index contributed by atoms with van der Waals surface area (Å²) in [5.74, 6) is -1.67. The Kier molecular flexibility index (Phi) is 4.99. The number of phenols is 1. The number of aromatic carboxylic acids is 1. The number of rotatable bonds is 5. The number of nitrogens with one attached hydrogen (secondary N) is 1. The van der Waals surface area contributed by atoms with Crippen LogP contribution in [0.5, 0.6) is 11.5 Å². The van der Waals surface area contributed by atoms with E-state index in [4.69, 9.17) is 21.4 Å². The number of carbonyl (C=O) groups excluding carboxylic acids is 1. The van der Waals surface area contributed by atoms with E-state index in [0.717, 1.165) is 0 Å². The molecule has 0 aliphatic rings. The molecule has 0 aliphatic carbocycles. The van der Waals surface area contributed by atoms with Crippen LogP contribution in [0, 0.1) is 0 Å². The van der Waals surface area contributed by atoms with E-state index in [1.807, 2.05) is 0 Å². The second-order valence-corrected chi connectivity index (χ2v) is 5.99. The Morgan fingerprint density at radius 2 is 1.75 bits per heavy atom. The Morgan fingerprint density at radius 3 is 2.29 bits per heavy atom. The molecule has 0 fully saturated rings. The van der Waals surface area contributed by atoms with Gasteiger partial charge in [-0.25, -0.2) is 4.79 Å². The minimum Gasteiger partial charge on any atom is -0.507 e. The van der Waals surface area contributed by atoms with E-state index in [1.165, 1.54) is 18.2 Å². The van der Waals surface area contributed by atoms with Crippen molar-refractivity contribution in [3.05, 3.63) is 53.1 Å². The van der Waals surface area contributed by atoms with E-state index in [1.54, 1.807) is 38.1 Å². The smallest absolute Gasteiger partial charge is 0.339 e. The van der Waals surface area contributed by atoms with Crippen LogP contribution in [-0.4, -0.2) is 27.7 Å². The van der Waals surface area contributed by atoms with Crippen LogP contribution in [0.25, 0.3) is 0 Å². The maximum atomic E-state index is 12.4. The lowest BCUT2D eigenvalue weighted by Gasteiger charge is -2.25. The Labute approximate surface area is 143 Å². The molecular weight excluding hydrogens is 334 g/mol. The molecule has 1 amide bonds. The summed E-state index contributed by atoms with van der Waals surface area (Å²) in [6, 6.07) is 10.3. The van der Waals surface area contributed by atoms with Crippen molar-refractivity contribution in [3.63, 3.8) is 0 Å². The largest absolute Gasteiger partial charge is 0.507 e. The van der Waals surface area contributed by atoms with Crippen molar-refractivity contribution in [2.45, 2.75) is 19.4 Å². The number of amides is 1. The number of carboxylic acids is 1. The molecule has 2 aromatic rings. The van der Waals surface area contributed by atoms with Crippen LogP contribution in [0.2, 0.25) is 5.02 Å². The van der Waals surface area contributed by atoms with Crippen molar-refractivity contribution in [2.24, 2.45) is 0 Å². The molecule has 0 spiro atoms. The van der Waals surface area contributed by atoms with Crippen LogP contribution in [0.4, 0.5) is 5.69 Å². The number of carbonyl (C=O) groups is 2. The molecule has 0 radical (unpaired) electrons. The summed E-state index contributed by atoms with van der Waals surface area (Å²) in [6.07, 6.45) is 0. The quantitative estimate of drug-likeness (QED) is 0.767. The molecule has 0 saturated heterocycles. The third kappa shape index (κ3) is 4.17. The lowest BCUT2D eigenvalue weighted by atomic mass is 10.1. The van der Waals surface area contributed by atoms with Crippen LogP contribution in [0.15, 0.2) is 42.5 Å². The molecule has 0 atom stereocenters. The van der Waals surface area contributed by atoms with Gasteiger partial charge in [-0.3, -0.25) is 4.79 Å². The highest BCUT2D eigenvalue weighted by Gasteiger charge is 2.30. The lowest BCUT2D eigenvalue weighted by Crippen LogP contribution is -2.42. The van der Waals surface area contributed by atoms with E-state index >= 15 is 0 Å². The van der Waals surface area contributed by atoms with Gasteiger partial charge in [-0.1, -0.05) is 11.6 Å². The van der Waals surface area contributed by atoms with E-state index in [2.05, 4.69) is 5.32 Å². The van der Waals surface area contributed by atoms with Crippen LogP contribution < -0.4 is 10.1 Å². The van der Waals surface area contributed by atoms with E-state index in [-0.39, 0.29) is 11.3 Å². The molecular formula is C17H16ClNO5. The monoisotopic (exact) mass is 349 g/mol. The van der Waals surface area contributed by atoms with E-state index < -0.39 is 23.2 Å². The molecule has 0 unspecified atom stereocenters. The van der Waals surface area contributed by atoms with E-state index in [0.29, 0.717) is 10.8 Å². The Morgan fingerprint density at radius 1 is 1.12 bits per heavy atom. The zero-order chi connectivity index (χ0) is 17.9. The first-order valence-electron chi connectivity index (χ1n) is 7.01. The van der Waals surface area contributed by atoms with Crippen molar-refractivity contribution in [2.75, 3.05) is 5.32 Å². The fraction of sp³-hybridized carbons (Fsp3) is 0.176. The van der Waals surface area contributed by atoms with Crippen molar-refractivity contribution in [1.82, 2.24) is 0 Å². The minimum absolute atomic E-state index is 0.246. The minimum atomic E-state index is -1.25. The molecule has 126 valence electrons. The molecule has 2 aromatic carbocycles. The topological polar surface area (TPSA) is 95.9 Å². The maximum Gasteiger partial charge on any atom is 0.339 e. The van der Waals surface area contributed by atoms with Gasteiger partial charge in [0.15, 0.2) is 5.60 Å². The normalized spacial score (nSPS) is 11.0. The number of benzene rings is 2. The summed E-state index contributed by atoms with van der Waals surface area (Å²) < 4.78 is 5.66. The first kappa shape index (κ1) is 17.6. The molecule has 0 heterocycles. The Hall–Kier alpha value is -2.73. The van der Waals surface area contributed by atoms with Gasteiger partial charge >= 0.3 is 5.97 Å². The highest BCUT2D eigenvalue weighted by Crippen LogP contribution is 2.25. The second-order valence-electron chi connectivity index (χ2n) is 5.56. The molecule has 6 nitrogen and oxygen atoms in total. The first-order valence-corrected chi connectivity index (χ1v) is 7.39. The summed E-state index contributed by atoms with van der Waals surface area (Å²) in [7, 11) is 0. The number of halogens is 1. The second kappa shape index (κ2) is 6.80. The van der Waals surface area contributed by atoms with Crippen molar-refractivity contribution < 1.29 is 24.5 Å². The molecule has 0 bridgehead atoms. The summed E-state index contributed by atoms with van der Waals surface area (Å²) in [5, 5.41) is 21.7. The summed E-state index contributed by atoms with van der Waals surface area (Å²) in [6.45, 7) is 3.17. The first-order chi connectivity index (χ1) is 11.2. The van der Waals surface area contributed by atoms with Crippen molar-refractivity contribution in [3.8, 4) is 11.5 Å². The van der Waals surface area contributed by atoms with Crippen LogP contribution in [0.3, 0.4) is 0 Å². The van der Waals surface area contributed by atoms with Crippen molar-refractivity contribution >= 4 is 29.2 Å². The molecule has 2 rings (SSSR count). The summed E-state index contributed by atoms with van der Waals surface area (Å²) >= 11 is 5.80. The molecule has 7 heteroatoms. The van der Waals surface area contributed by atoms with E-state index in [9.17, 15) is 14.7 Å². The third-order valence-electron chi connectivity index (χ3n) is 3.22. The summed E-state index contributed by atoms with van der Waals surface area (Å²) in [4.78, 5) is 23.2. The average Bonchev–Trinajstić information content (AvgIpc) is 2.49. The average molecular weight is 350 g/mol. The van der Waals surface area contributed by atoms with Gasteiger partial charge in [0, 0.05) is 16.8 Å². The summed E-state index contributed by atoms with van der Waals surface area (Å²) in [5.41, 5.74) is -1.19. The van der Waals surface area contributed by atoms with Gasteiger partial charge in [0.25, 0.3) is 5.91 Å². The Balaban J connectivity index is 2.11. The number of aromatic hydroxyl groups is 1. The van der Waals surface area contributed by atoms with Gasteiger partial charge < -0.3 is 20.3 Å². The maximum absolute atomic E-state index is 12.4. The number of ether oxygens (including phenoxy) is 1. The molecule has 0 aliphatic heterocycles. The van der Waals surface area contributed by atoms with Gasteiger partial charge in [-0.05, 0) is 50.2 Å². The molecule has 0 saturated carbocycles. The SMILES string of the molecule is CC(C)(Oc1ccc(Cl)cc1)C(=O)Nc1ccc(C(=O)O)c(O)c1. The standard InChI is InChI=1S/C17H16ClNO5/c1-17(2,24-12-6-3-10(18)4-7-12)16(23)19-11-5-8-13(15(21)22)14(20)9-11/h3-9,20H,1-2H3,(H,19,23)(H,21,22). The molecule has 24 heavy (non-hydrogen) atoms. The zero-order valence-electron chi connectivity index (χ0n) is 13.0. The van der Waals surface area contributed by atoms with Crippen LogP contribution >= 0.6 is 11.6 Å². The predicted octanol–water partition coefficient (Wildman–Crippen LogP) is 3.54. The zero-order valence-corrected chi connectivity index (χ0v) is 13.8. The van der Waals surface area contributed by atoms with Gasteiger partial charge in [-0.15, -0.1) is 0 Å². The van der Waals surface area contributed by atoms with Gasteiger partial charge in [0.05, 0.1) is 0 Å². The van der Waals surface area contributed by atoms with Gasteiger partial charge in [0.1, 0.15) is 17.1 Å². The predicted molar refractivity (Wildman–Crippen MR) is 89.9 cm³/mol. The van der Waals surface area contributed by atoms with Crippen LogP contribution in [-0.2, 0) is 4.79 Å². The third-order valence-corrected chi connectivity index (χ3v) is 3.47. The number of carboxylic acid groups (broad SMARTS) is 1. The number of hydrogen-bond acceptors (Lipinski definition) is 4. The molecule has 3 N–H and O–H groups in total. The highest BCUT2D eigenvalue weighted by molar-refractivity contribution is 6.30. The number of hydrogen-bond donors (Lipinski definition) is 3. The van der Waals surface area contributed by atoms with Gasteiger partial charge in [0.2, 0.25) is 0 Å². The van der Waals surface area contributed by atoms with Crippen molar-refractivity contribution in [1.29, 1.82) is 0 Å². The number of anilines is 1. The fourth-order valence-electron chi connectivity index (χ4n) is 1.92. The molecule has 0 aromatic heterocycles. The lowest BCUT2D eigenvalue weighted by molar-refractivity contribution is -0.128. The highest BCUT2D eigenvalue weighted by atomic mass is 35.5. The van der Waals surface area contributed by atoms with Crippen LogP contribution in [0.1, 0.15) is 24.2 Å². The Bertz CT molecular complexity index is 771.